The van der Waals surface area contributed by atoms with Crippen LogP contribution in [0, 0.1) is 6.92 Å². The molecule has 1 heteroatoms. The van der Waals surface area contributed by atoms with Gasteiger partial charge >= 0.3 is 0 Å². The average molecular weight is 147 g/mol. The SMILES string of the molecule is [CH2]c1ccccc1C(=O)CC. The Balaban J connectivity index is 3.03. The molecule has 0 aromatic heterocycles. The normalized spacial score (nSPS) is 9.64. The molecule has 1 nitrogen and oxygen atoms in total. The van der Waals surface area contributed by atoms with Crippen LogP contribution in [0.1, 0.15) is 29.3 Å². The van der Waals surface area contributed by atoms with Gasteiger partial charge in [0.25, 0.3) is 0 Å². The molecule has 0 aliphatic rings. The third-order valence-corrected chi connectivity index (χ3v) is 1.64. The number of benzene rings is 1. The molecule has 57 valence electrons. The fourth-order valence-corrected chi connectivity index (χ4v) is 0.983. The summed E-state index contributed by atoms with van der Waals surface area (Å²) < 4.78 is 0. The Kier molecular flexibility index (Phi) is 2.42. The Bertz CT molecular complexity index is 263. The van der Waals surface area contributed by atoms with Crippen molar-refractivity contribution in [2.75, 3.05) is 0 Å². The van der Waals surface area contributed by atoms with Crippen molar-refractivity contribution in [2.24, 2.45) is 0 Å². The Labute approximate surface area is 67.1 Å². The summed E-state index contributed by atoms with van der Waals surface area (Å²) >= 11 is 0. The Morgan fingerprint density at radius 3 is 2.64 bits per heavy atom. The lowest BCUT2D eigenvalue weighted by atomic mass is 10.0. The smallest absolute Gasteiger partial charge is 0.162 e. The van der Waals surface area contributed by atoms with Crippen LogP contribution in [0.25, 0.3) is 0 Å². The van der Waals surface area contributed by atoms with Crippen LogP contribution in [0.5, 0.6) is 0 Å². The Morgan fingerprint density at radius 2 is 2.09 bits per heavy atom. The van der Waals surface area contributed by atoms with E-state index in [2.05, 4.69) is 6.92 Å². The van der Waals surface area contributed by atoms with Crippen molar-refractivity contribution >= 4 is 5.78 Å². The lowest BCUT2D eigenvalue weighted by molar-refractivity contribution is 0.0988. The molecule has 1 aromatic rings. The molecule has 0 N–H and O–H groups in total. The average Bonchev–Trinajstić information content (AvgIpc) is 2.04. The number of carbonyl (C=O) groups excluding carboxylic acids is 1. The third-order valence-electron chi connectivity index (χ3n) is 1.64. The standard InChI is InChI=1S/C10H11O/c1-3-10(11)9-7-5-4-6-8(9)2/h4-7H,2-3H2,1H3. The predicted molar refractivity (Wildman–Crippen MR) is 45.5 cm³/mol. The van der Waals surface area contributed by atoms with E-state index in [1.54, 1.807) is 0 Å². The number of hydrogen-bond acceptors (Lipinski definition) is 1. The van der Waals surface area contributed by atoms with Gasteiger partial charge in [-0.1, -0.05) is 31.2 Å². The minimum absolute atomic E-state index is 0.163. The first-order valence-corrected chi connectivity index (χ1v) is 3.70. The molecule has 11 heavy (non-hydrogen) atoms. The van der Waals surface area contributed by atoms with E-state index in [1.165, 1.54) is 0 Å². The molecule has 0 saturated carbocycles. The molecule has 0 unspecified atom stereocenters. The van der Waals surface area contributed by atoms with E-state index in [0.29, 0.717) is 6.42 Å². The van der Waals surface area contributed by atoms with Crippen molar-refractivity contribution in [1.29, 1.82) is 0 Å². The van der Waals surface area contributed by atoms with E-state index >= 15 is 0 Å². The summed E-state index contributed by atoms with van der Waals surface area (Å²) in [7, 11) is 0. The van der Waals surface area contributed by atoms with Crippen LogP contribution < -0.4 is 0 Å². The highest BCUT2D eigenvalue weighted by Gasteiger charge is 2.03. The van der Waals surface area contributed by atoms with E-state index in [9.17, 15) is 4.79 Å². The number of ketones is 1. The van der Waals surface area contributed by atoms with Gasteiger partial charge in [-0.2, -0.15) is 0 Å². The highest BCUT2D eigenvalue weighted by atomic mass is 16.1. The maximum Gasteiger partial charge on any atom is 0.162 e. The second-order valence-corrected chi connectivity index (χ2v) is 2.43. The monoisotopic (exact) mass is 147 g/mol. The highest BCUT2D eigenvalue weighted by molar-refractivity contribution is 5.97. The number of rotatable bonds is 2. The summed E-state index contributed by atoms with van der Waals surface area (Å²) in [6.07, 6.45) is 0.548. The van der Waals surface area contributed by atoms with Crippen LogP contribution in [0.2, 0.25) is 0 Å². The van der Waals surface area contributed by atoms with Gasteiger partial charge in [0.15, 0.2) is 5.78 Å². The summed E-state index contributed by atoms with van der Waals surface area (Å²) in [5, 5.41) is 0. The maximum atomic E-state index is 11.2. The minimum atomic E-state index is 0.163. The summed E-state index contributed by atoms with van der Waals surface area (Å²) in [6, 6.07) is 7.41. The first-order valence-electron chi connectivity index (χ1n) is 3.70. The zero-order valence-electron chi connectivity index (χ0n) is 6.63. The molecule has 0 heterocycles. The van der Waals surface area contributed by atoms with Gasteiger partial charge in [0.2, 0.25) is 0 Å². The zero-order valence-corrected chi connectivity index (χ0v) is 6.63. The largest absolute Gasteiger partial charge is 0.294 e. The molecule has 1 radical (unpaired) electrons. The summed E-state index contributed by atoms with van der Waals surface area (Å²) in [5.41, 5.74) is 1.56. The topological polar surface area (TPSA) is 17.1 Å². The summed E-state index contributed by atoms with van der Waals surface area (Å²) in [6.45, 7) is 5.62. The van der Waals surface area contributed by atoms with Crippen LogP contribution in [-0.2, 0) is 0 Å². The summed E-state index contributed by atoms with van der Waals surface area (Å²) in [5.74, 6) is 0.163. The van der Waals surface area contributed by atoms with Crippen LogP contribution in [0.4, 0.5) is 0 Å². The van der Waals surface area contributed by atoms with Gasteiger partial charge in [0, 0.05) is 12.0 Å². The predicted octanol–water partition coefficient (Wildman–Crippen LogP) is 2.46. The zero-order chi connectivity index (χ0) is 8.27. The lowest BCUT2D eigenvalue weighted by Crippen LogP contribution is -1.98. The molecule has 1 rings (SSSR count). The molecule has 0 atom stereocenters. The van der Waals surface area contributed by atoms with E-state index < -0.39 is 0 Å². The first kappa shape index (κ1) is 7.99. The second kappa shape index (κ2) is 3.33. The molecule has 0 spiro atoms. The van der Waals surface area contributed by atoms with E-state index in [0.717, 1.165) is 11.1 Å². The Hall–Kier alpha value is -1.11. The van der Waals surface area contributed by atoms with Crippen LogP contribution >= 0.6 is 0 Å². The first-order chi connectivity index (χ1) is 5.25. The van der Waals surface area contributed by atoms with Gasteiger partial charge in [0.05, 0.1) is 0 Å². The lowest BCUT2D eigenvalue weighted by Gasteiger charge is -2.00. The van der Waals surface area contributed by atoms with Crippen molar-refractivity contribution in [1.82, 2.24) is 0 Å². The van der Waals surface area contributed by atoms with E-state index in [1.807, 2.05) is 31.2 Å². The van der Waals surface area contributed by atoms with Gasteiger partial charge in [-0.3, -0.25) is 4.79 Å². The number of carbonyl (C=O) groups is 1. The molecule has 0 aliphatic carbocycles. The van der Waals surface area contributed by atoms with Gasteiger partial charge in [-0.25, -0.2) is 0 Å². The van der Waals surface area contributed by atoms with Crippen molar-refractivity contribution in [2.45, 2.75) is 13.3 Å². The second-order valence-electron chi connectivity index (χ2n) is 2.43. The van der Waals surface area contributed by atoms with Gasteiger partial charge < -0.3 is 0 Å². The van der Waals surface area contributed by atoms with Crippen LogP contribution in [0.3, 0.4) is 0 Å². The molecule has 0 amide bonds. The van der Waals surface area contributed by atoms with Gasteiger partial charge in [0.1, 0.15) is 0 Å². The molecule has 0 fully saturated rings. The van der Waals surface area contributed by atoms with Crippen molar-refractivity contribution in [3.63, 3.8) is 0 Å². The molecule has 0 aliphatic heterocycles. The molecule has 0 bridgehead atoms. The van der Waals surface area contributed by atoms with Crippen LogP contribution in [0.15, 0.2) is 24.3 Å². The van der Waals surface area contributed by atoms with E-state index in [-0.39, 0.29) is 5.78 Å². The fraction of sp³-hybridized carbons (Fsp3) is 0.200. The highest BCUT2D eigenvalue weighted by Crippen LogP contribution is 2.08. The Morgan fingerprint density at radius 1 is 1.45 bits per heavy atom. The minimum Gasteiger partial charge on any atom is -0.294 e. The number of hydrogen-bond donors (Lipinski definition) is 0. The van der Waals surface area contributed by atoms with Gasteiger partial charge in [-0.05, 0) is 12.5 Å². The fourth-order valence-electron chi connectivity index (χ4n) is 0.983. The van der Waals surface area contributed by atoms with E-state index in [4.69, 9.17) is 0 Å². The molecular weight excluding hydrogens is 136 g/mol. The molecular formula is C10H11O. The molecule has 1 aromatic carbocycles. The number of Topliss-reactive ketones (excluding diaryl/α,β-unsaturated/α-hetero) is 1. The maximum absolute atomic E-state index is 11.2. The van der Waals surface area contributed by atoms with Crippen molar-refractivity contribution < 1.29 is 4.79 Å². The summed E-state index contributed by atoms with van der Waals surface area (Å²) in [4.78, 5) is 11.2. The van der Waals surface area contributed by atoms with Gasteiger partial charge in [-0.15, -0.1) is 0 Å². The van der Waals surface area contributed by atoms with Crippen LogP contribution in [-0.4, -0.2) is 5.78 Å². The quantitative estimate of drug-likeness (QED) is 0.587. The van der Waals surface area contributed by atoms with Crippen molar-refractivity contribution in [3.8, 4) is 0 Å². The van der Waals surface area contributed by atoms with Crippen molar-refractivity contribution in [3.05, 3.63) is 42.3 Å². The molecule has 0 saturated heterocycles. The third kappa shape index (κ3) is 1.67.